The summed E-state index contributed by atoms with van der Waals surface area (Å²) < 4.78 is 6.98. The number of likely N-dealkylation sites (N-methyl/N-ethyl adjacent to an activating group) is 1. The van der Waals surface area contributed by atoms with Gasteiger partial charge in [0.25, 0.3) is 0 Å². The Morgan fingerprint density at radius 3 is 2.85 bits per heavy atom. The molecule has 0 aliphatic carbocycles. The van der Waals surface area contributed by atoms with Crippen LogP contribution in [0.15, 0.2) is 28.7 Å². The lowest BCUT2D eigenvalue weighted by Crippen LogP contribution is -2.56. The van der Waals surface area contributed by atoms with Crippen LogP contribution < -0.4 is 5.73 Å². The third-order valence-corrected chi connectivity index (χ3v) is 5.31. The molecule has 3 nitrogen and oxygen atoms in total. The van der Waals surface area contributed by atoms with Crippen molar-refractivity contribution in [3.63, 3.8) is 0 Å². The molecule has 1 heterocycles. The molecule has 1 aliphatic rings. The van der Waals surface area contributed by atoms with E-state index < -0.39 is 0 Å². The van der Waals surface area contributed by atoms with Crippen molar-refractivity contribution in [2.24, 2.45) is 5.73 Å². The Bertz CT molecular complexity index is 440. The Kier molecular flexibility index (Phi) is 5.61. The molecule has 1 fully saturated rings. The fourth-order valence-electron chi connectivity index (χ4n) is 3.00. The van der Waals surface area contributed by atoms with Gasteiger partial charge in [-0.2, -0.15) is 0 Å². The summed E-state index contributed by atoms with van der Waals surface area (Å²) in [6.07, 6.45) is 3.45. The Morgan fingerprint density at radius 1 is 1.45 bits per heavy atom. The van der Waals surface area contributed by atoms with Gasteiger partial charge in [0.05, 0.1) is 6.10 Å². The van der Waals surface area contributed by atoms with Crippen LogP contribution in [-0.2, 0) is 11.3 Å². The van der Waals surface area contributed by atoms with E-state index in [1.165, 1.54) is 5.56 Å². The molecule has 2 N–H and O–H groups in total. The van der Waals surface area contributed by atoms with Crippen molar-refractivity contribution >= 4 is 15.9 Å². The molecule has 0 saturated carbocycles. The first kappa shape index (κ1) is 16.0. The molecular formula is C16H25BrN2O. The zero-order valence-corrected chi connectivity index (χ0v) is 14.0. The fourth-order valence-corrected chi connectivity index (χ4v) is 3.41. The van der Waals surface area contributed by atoms with E-state index in [2.05, 4.69) is 53.0 Å². The second kappa shape index (κ2) is 7.03. The number of benzene rings is 1. The quantitative estimate of drug-likeness (QED) is 0.894. The van der Waals surface area contributed by atoms with Gasteiger partial charge in [-0.15, -0.1) is 0 Å². The molecule has 4 heteroatoms. The van der Waals surface area contributed by atoms with Crippen molar-refractivity contribution in [1.29, 1.82) is 0 Å². The van der Waals surface area contributed by atoms with Crippen LogP contribution in [0.4, 0.5) is 0 Å². The van der Waals surface area contributed by atoms with E-state index in [1.807, 2.05) is 6.07 Å². The summed E-state index contributed by atoms with van der Waals surface area (Å²) in [6, 6.07) is 8.40. The minimum absolute atomic E-state index is 0.0637. The lowest BCUT2D eigenvalue weighted by atomic mass is 9.84. The van der Waals surface area contributed by atoms with Crippen LogP contribution in [0.5, 0.6) is 0 Å². The standard InChI is InChI=1S/C16H25BrN2O/c1-3-14-10-16(12-18,8-9-20-14)19(2)11-13-6-4-5-7-15(13)17/h4-7,14H,3,8-12,18H2,1-2H3. The fraction of sp³-hybridized carbons (Fsp3) is 0.625. The van der Waals surface area contributed by atoms with E-state index >= 15 is 0 Å². The predicted octanol–water partition coefficient (Wildman–Crippen LogP) is 3.17. The van der Waals surface area contributed by atoms with Crippen molar-refractivity contribution in [3.05, 3.63) is 34.3 Å². The smallest absolute Gasteiger partial charge is 0.0590 e. The van der Waals surface area contributed by atoms with Crippen LogP contribution in [0.25, 0.3) is 0 Å². The maximum atomic E-state index is 6.14. The van der Waals surface area contributed by atoms with Crippen molar-refractivity contribution in [2.75, 3.05) is 20.2 Å². The molecule has 0 radical (unpaired) electrons. The number of hydrogen-bond acceptors (Lipinski definition) is 3. The average Bonchev–Trinajstić information content (AvgIpc) is 2.49. The summed E-state index contributed by atoms with van der Waals surface area (Å²) in [4.78, 5) is 2.41. The third kappa shape index (κ3) is 3.42. The molecule has 2 atom stereocenters. The zero-order chi connectivity index (χ0) is 14.6. The monoisotopic (exact) mass is 340 g/mol. The molecule has 0 amide bonds. The largest absolute Gasteiger partial charge is 0.378 e. The highest BCUT2D eigenvalue weighted by molar-refractivity contribution is 9.10. The van der Waals surface area contributed by atoms with E-state index in [0.29, 0.717) is 12.6 Å². The predicted molar refractivity (Wildman–Crippen MR) is 86.7 cm³/mol. The van der Waals surface area contributed by atoms with Crippen LogP contribution in [-0.4, -0.2) is 36.7 Å². The lowest BCUT2D eigenvalue weighted by Gasteiger charge is -2.46. The first-order chi connectivity index (χ1) is 9.61. The summed E-state index contributed by atoms with van der Waals surface area (Å²) in [5.74, 6) is 0. The van der Waals surface area contributed by atoms with Crippen LogP contribution in [0.2, 0.25) is 0 Å². The van der Waals surface area contributed by atoms with Gasteiger partial charge in [-0.25, -0.2) is 0 Å². The summed E-state index contributed by atoms with van der Waals surface area (Å²) in [7, 11) is 2.18. The van der Waals surface area contributed by atoms with Crippen LogP contribution in [0.1, 0.15) is 31.7 Å². The van der Waals surface area contributed by atoms with Crippen LogP contribution in [0, 0.1) is 0 Å². The number of rotatable bonds is 5. The van der Waals surface area contributed by atoms with E-state index in [-0.39, 0.29) is 5.54 Å². The summed E-state index contributed by atoms with van der Waals surface area (Å²) >= 11 is 3.63. The van der Waals surface area contributed by atoms with Gasteiger partial charge < -0.3 is 10.5 Å². The van der Waals surface area contributed by atoms with E-state index in [1.54, 1.807) is 0 Å². The Morgan fingerprint density at radius 2 is 2.20 bits per heavy atom. The highest BCUT2D eigenvalue weighted by Gasteiger charge is 2.38. The Balaban J connectivity index is 2.12. The van der Waals surface area contributed by atoms with Crippen molar-refractivity contribution in [3.8, 4) is 0 Å². The molecule has 0 aromatic heterocycles. The van der Waals surface area contributed by atoms with Gasteiger partial charge in [0, 0.05) is 29.7 Å². The highest BCUT2D eigenvalue weighted by Crippen LogP contribution is 2.32. The number of hydrogen-bond donors (Lipinski definition) is 1. The number of ether oxygens (including phenoxy) is 1. The molecule has 1 aromatic rings. The van der Waals surface area contributed by atoms with Crippen molar-refractivity contribution in [1.82, 2.24) is 4.90 Å². The SMILES string of the molecule is CCC1CC(CN)(N(C)Cc2ccccc2Br)CCO1. The van der Waals surface area contributed by atoms with Gasteiger partial charge in [-0.3, -0.25) is 4.90 Å². The molecule has 20 heavy (non-hydrogen) atoms. The molecule has 0 bridgehead atoms. The summed E-state index contributed by atoms with van der Waals surface area (Å²) in [6.45, 7) is 4.60. The molecule has 112 valence electrons. The Hall–Kier alpha value is -0.420. The van der Waals surface area contributed by atoms with Gasteiger partial charge in [0.1, 0.15) is 0 Å². The molecule has 2 rings (SSSR count). The second-order valence-electron chi connectivity index (χ2n) is 5.73. The van der Waals surface area contributed by atoms with Crippen molar-refractivity contribution in [2.45, 2.75) is 44.4 Å². The van der Waals surface area contributed by atoms with Gasteiger partial charge in [-0.05, 0) is 37.9 Å². The van der Waals surface area contributed by atoms with Crippen molar-refractivity contribution < 1.29 is 4.74 Å². The minimum atomic E-state index is 0.0637. The Labute approximate surface area is 130 Å². The van der Waals surface area contributed by atoms with Crippen LogP contribution >= 0.6 is 15.9 Å². The van der Waals surface area contributed by atoms with E-state index in [4.69, 9.17) is 10.5 Å². The van der Waals surface area contributed by atoms with Gasteiger partial charge in [-0.1, -0.05) is 41.1 Å². The summed E-state index contributed by atoms with van der Waals surface area (Å²) in [5, 5.41) is 0. The number of nitrogens with two attached hydrogens (primary N) is 1. The second-order valence-corrected chi connectivity index (χ2v) is 6.59. The molecule has 1 saturated heterocycles. The highest BCUT2D eigenvalue weighted by atomic mass is 79.9. The molecule has 0 spiro atoms. The molecule has 1 aromatic carbocycles. The first-order valence-electron chi connectivity index (χ1n) is 7.37. The summed E-state index contributed by atoms with van der Waals surface area (Å²) in [5.41, 5.74) is 7.51. The van der Waals surface area contributed by atoms with Gasteiger partial charge in [0.15, 0.2) is 0 Å². The van der Waals surface area contributed by atoms with Gasteiger partial charge in [0.2, 0.25) is 0 Å². The van der Waals surface area contributed by atoms with E-state index in [0.717, 1.165) is 36.9 Å². The van der Waals surface area contributed by atoms with Gasteiger partial charge >= 0.3 is 0 Å². The average molecular weight is 341 g/mol. The number of nitrogens with zero attached hydrogens (tertiary/aromatic N) is 1. The zero-order valence-electron chi connectivity index (χ0n) is 12.4. The minimum Gasteiger partial charge on any atom is -0.378 e. The topological polar surface area (TPSA) is 38.5 Å². The molecule has 1 aliphatic heterocycles. The molecule has 2 unspecified atom stereocenters. The number of halogens is 1. The molecular weight excluding hydrogens is 316 g/mol. The maximum Gasteiger partial charge on any atom is 0.0590 e. The lowest BCUT2D eigenvalue weighted by molar-refractivity contribution is -0.0672. The maximum absolute atomic E-state index is 6.14. The van der Waals surface area contributed by atoms with Crippen LogP contribution in [0.3, 0.4) is 0 Å². The third-order valence-electron chi connectivity index (χ3n) is 4.54. The first-order valence-corrected chi connectivity index (χ1v) is 8.17. The normalized spacial score (nSPS) is 26.9. The van der Waals surface area contributed by atoms with E-state index in [9.17, 15) is 0 Å².